The summed E-state index contributed by atoms with van der Waals surface area (Å²) in [4.78, 5) is 11.5. The van der Waals surface area contributed by atoms with Gasteiger partial charge in [-0.05, 0) is 22.9 Å². The number of nitrogens with one attached hydrogen (secondary N) is 2. The summed E-state index contributed by atoms with van der Waals surface area (Å²) in [5, 5.41) is 23.8. The standard InChI is InChI=1S/C10H8N6O/c11-5-7-1-3-8(4-2-7)6-12-10(17)9-13-15-16-14-9/h1-4H,6H2,(H,12,17)(H,13,14,15,16). The number of hydrogen-bond acceptors (Lipinski definition) is 5. The SMILES string of the molecule is N#Cc1ccc(CNC(=O)c2nn[nH]n2)cc1. The number of benzene rings is 1. The second-order valence-electron chi connectivity index (χ2n) is 3.23. The molecule has 17 heavy (non-hydrogen) atoms. The van der Waals surface area contributed by atoms with E-state index in [2.05, 4.69) is 25.9 Å². The number of rotatable bonds is 3. The maximum Gasteiger partial charge on any atom is 0.293 e. The van der Waals surface area contributed by atoms with Crippen molar-refractivity contribution in [2.75, 3.05) is 0 Å². The lowest BCUT2D eigenvalue weighted by molar-refractivity contribution is 0.0940. The zero-order chi connectivity index (χ0) is 12.1. The molecule has 0 bridgehead atoms. The lowest BCUT2D eigenvalue weighted by Gasteiger charge is -2.02. The van der Waals surface area contributed by atoms with Gasteiger partial charge < -0.3 is 5.32 Å². The molecule has 0 aliphatic heterocycles. The van der Waals surface area contributed by atoms with Gasteiger partial charge in [-0.15, -0.1) is 10.2 Å². The van der Waals surface area contributed by atoms with Gasteiger partial charge in [0, 0.05) is 6.54 Å². The predicted octanol–water partition coefficient (Wildman–Crippen LogP) is 0.00138. The Labute approximate surface area is 96.5 Å². The van der Waals surface area contributed by atoms with Gasteiger partial charge in [0.2, 0.25) is 0 Å². The molecule has 2 N–H and O–H groups in total. The van der Waals surface area contributed by atoms with Crippen LogP contribution in [0.4, 0.5) is 0 Å². The minimum atomic E-state index is -0.400. The van der Waals surface area contributed by atoms with Gasteiger partial charge in [0.05, 0.1) is 11.6 Å². The molecule has 0 saturated carbocycles. The fourth-order valence-electron chi connectivity index (χ4n) is 1.22. The number of tetrazole rings is 1. The van der Waals surface area contributed by atoms with E-state index in [-0.39, 0.29) is 5.82 Å². The second kappa shape index (κ2) is 4.85. The Morgan fingerprint density at radius 1 is 1.41 bits per heavy atom. The molecule has 7 heteroatoms. The second-order valence-corrected chi connectivity index (χ2v) is 3.23. The molecule has 1 aromatic heterocycles. The number of H-pyrrole nitrogens is 1. The number of amides is 1. The summed E-state index contributed by atoms with van der Waals surface area (Å²) in [6.45, 7) is 0.346. The van der Waals surface area contributed by atoms with Crippen molar-refractivity contribution in [3.8, 4) is 6.07 Å². The van der Waals surface area contributed by atoms with Crippen LogP contribution in [0.15, 0.2) is 24.3 Å². The van der Waals surface area contributed by atoms with Crippen LogP contribution in [0.3, 0.4) is 0 Å². The number of hydrogen-bond donors (Lipinski definition) is 2. The molecule has 7 nitrogen and oxygen atoms in total. The third kappa shape index (κ3) is 2.63. The van der Waals surface area contributed by atoms with E-state index in [9.17, 15) is 4.79 Å². The molecule has 0 unspecified atom stereocenters. The maximum atomic E-state index is 11.5. The molecular formula is C10H8N6O. The van der Waals surface area contributed by atoms with Crippen molar-refractivity contribution in [2.45, 2.75) is 6.54 Å². The Kier molecular flexibility index (Phi) is 3.07. The zero-order valence-corrected chi connectivity index (χ0v) is 8.71. The molecule has 0 aliphatic rings. The summed E-state index contributed by atoms with van der Waals surface area (Å²) in [6.07, 6.45) is 0. The van der Waals surface area contributed by atoms with Gasteiger partial charge in [0.25, 0.3) is 11.7 Å². The molecule has 1 amide bonds. The van der Waals surface area contributed by atoms with Gasteiger partial charge in [0.15, 0.2) is 0 Å². The van der Waals surface area contributed by atoms with E-state index < -0.39 is 5.91 Å². The van der Waals surface area contributed by atoms with E-state index in [0.29, 0.717) is 12.1 Å². The highest BCUT2D eigenvalue weighted by atomic mass is 16.2. The number of carbonyl (C=O) groups excluding carboxylic acids is 1. The lowest BCUT2D eigenvalue weighted by atomic mass is 10.1. The van der Waals surface area contributed by atoms with Crippen LogP contribution in [-0.2, 0) is 6.54 Å². The number of aromatic nitrogens is 4. The highest BCUT2D eigenvalue weighted by Gasteiger charge is 2.09. The van der Waals surface area contributed by atoms with E-state index >= 15 is 0 Å². The van der Waals surface area contributed by atoms with Crippen molar-refractivity contribution >= 4 is 5.91 Å². The van der Waals surface area contributed by atoms with Crippen LogP contribution in [0.5, 0.6) is 0 Å². The third-order valence-corrected chi connectivity index (χ3v) is 2.08. The maximum absolute atomic E-state index is 11.5. The molecule has 0 aliphatic carbocycles. The molecule has 0 fully saturated rings. The summed E-state index contributed by atoms with van der Waals surface area (Å²) in [6, 6.07) is 8.95. The largest absolute Gasteiger partial charge is 0.345 e. The van der Waals surface area contributed by atoms with Gasteiger partial charge in [0.1, 0.15) is 0 Å². The predicted molar refractivity (Wildman–Crippen MR) is 56.5 cm³/mol. The topological polar surface area (TPSA) is 107 Å². The van der Waals surface area contributed by atoms with Gasteiger partial charge in [-0.2, -0.15) is 10.5 Å². The van der Waals surface area contributed by atoms with Crippen molar-refractivity contribution < 1.29 is 4.79 Å². The summed E-state index contributed by atoms with van der Waals surface area (Å²) in [5.74, 6) is -0.401. The Morgan fingerprint density at radius 2 is 2.18 bits per heavy atom. The van der Waals surface area contributed by atoms with Crippen LogP contribution in [0, 0.1) is 11.3 Å². The summed E-state index contributed by atoms with van der Waals surface area (Å²) in [5.41, 5.74) is 1.47. The minimum Gasteiger partial charge on any atom is -0.345 e. The molecule has 0 spiro atoms. The van der Waals surface area contributed by atoms with Crippen molar-refractivity contribution in [1.29, 1.82) is 5.26 Å². The molecule has 1 heterocycles. The fourth-order valence-corrected chi connectivity index (χ4v) is 1.22. The van der Waals surface area contributed by atoms with Gasteiger partial charge in [-0.3, -0.25) is 4.79 Å². The summed E-state index contributed by atoms with van der Waals surface area (Å²) < 4.78 is 0. The fraction of sp³-hybridized carbons (Fsp3) is 0.100. The van der Waals surface area contributed by atoms with Crippen molar-refractivity contribution in [3.05, 3.63) is 41.2 Å². The summed E-state index contributed by atoms with van der Waals surface area (Å²) >= 11 is 0. The Balaban J connectivity index is 1.94. The Hall–Kier alpha value is -2.75. The van der Waals surface area contributed by atoms with E-state index in [1.807, 2.05) is 6.07 Å². The van der Waals surface area contributed by atoms with E-state index in [4.69, 9.17) is 5.26 Å². The highest BCUT2D eigenvalue weighted by molar-refractivity contribution is 5.89. The van der Waals surface area contributed by atoms with E-state index in [1.54, 1.807) is 24.3 Å². The van der Waals surface area contributed by atoms with Crippen molar-refractivity contribution in [1.82, 2.24) is 25.9 Å². The van der Waals surface area contributed by atoms with Gasteiger partial charge in [-0.25, -0.2) is 0 Å². The minimum absolute atomic E-state index is 0.00125. The van der Waals surface area contributed by atoms with Crippen LogP contribution in [0.1, 0.15) is 21.7 Å². The Bertz CT molecular complexity index is 539. The van der Waals surface area contributed by atoms with Crippen molar-refractivity contribution in [3.63, 3.8) is 0 Å². The highest BCUT2D eigenvalue weighted by Crippen LogP contribution is 2.02. The average molecular weight is 228 g/mol. The van der Waals surface area contributed by atoms with E-state index in [0.717, 1.165) is 5.56 Å². The first kappa shape index (κ1) is 10.8. The first-order valence-corrected chi connectivity index (χ1v) is 4.80. The molecule has 2 aromatic rings. The first-order valence-electron chi connectivity index (χ1n) is 4.80. The smallest absolute Gasteiger partial charge is 0.293 e. The molecule has 1 aromatic carbocycles. The van der Waals surface area contributed by atoms with Crippen molar-refractivity contribution in [2.24, 2.45) is 0 Å². The van der Waals surface area contributed by atoms with Gasteiger partial charge in [-0.1, -0.05) is 12.1 Å². The Morgan fingerprint density at radius 3 is 2.76 bits per heavy atom. The number of carbonyl (C=O) groups is 1. The number of nitriles is 1. The molecule has 0 saturated heterocycles. The third-order valence-electron chi connectivity index (χ3n) is 2.08. The molecule has 84 valence electrons. The summed E-state index contributed by atoms with van der Waals surface area (Å²) in [7, 11) is 0. The lowest BCUT2D eigenvalue weighted by Crippen LogP contribution is -2.24. The average Bonchev–Trinajstić information content (AvgIpc) is 2.90. The molecular weight excluding hydrogens is 220 g/mol. The first-order chi connectivity index (χ1) is 8.29. The quantitative estimate of drug-likeness (QED) is 0.768. The van der Waals surface area contributed by atoms with Crippen LogP contribution in [-0.4, -0.2) is 26.5 Å². The van der Waals surface area contributed by atoms with Crippen LogP contribution >= 0.6 is 0 Å². The zero-order valence-electron chi connectivity index (χ0n) is 8.71. The molecule has 2 rings (SSSR count). The molecule has 0 radical (unpaired) electrons. The van der Waals surface area contributed by atoms with Gasteiger partial charge >= 0.3 is 0 Å². The molecule has 0 atom stereocenters. The normalized spacial score (nSPS) is 9.59. The van der Waals surface area contributed by atoms with Crippen LogP contribution < -0.4 is 5.32 Å². The number of nitrogens with zero attached hydrogens (tertiary/aromatic N) is 4. The van der Waals surface area contributed by atoms with Crippen LogP contribution in [0.2, 0.25) is 0 Å². The monoisotopic (exact) mass is 228 g/mol. The van der Waals surface area contributed by atoms with E-state index in [1.165, 1.54) is 0 Å². The number of aromatic amines is 1. The van der Waals surface area contributed by atoms with Crippen LogP contribution in [0.25, 0.3) is 0 Å².